The van der Waals surface area contributed by atoms with Gasteiger partial charge < -0.3 is 10.5 Å². The Morgan fingerprint density at radius 1 is 1.50 bits per heavy atom. The van der Waals surface area contributed by atoms with Crippen LogP contribution in [0.1, 0.15) is 6.42 Å². The zero-order valence-electron chi connectivity index (χ0n) is 8.13. The first-order valence-corrected chi connectivity index (χ1v) is 5.38. The van der Waals surface area contributed by atoms with E-state index in [0.29, 0.717) is 6.42 Å². The molecule has 0 unspecified atom stereocenters. The van der Waals surface area contributed by atoms with Crippen LogP contribution in [0.15, 0.2) is 23.1 Å². The molecule has 0 saturated carbocycles. The maximum Gasteiger partial charge on any atom is 0.120 e. The molecule has 0 bridgehead atoms. The molecule has 4 heteroatoms. The van der Waals surface area contributed by atoms with E-state index in [1.54, 1.807) is 24.9 Å². The Morgan fingerprint density at radius 3 is 2.93 bits per heavy atom. The van der Waals surface area contributed by atoms with Crippen LogP contribution in [0.25, 0.3) is 0 Å². The third-order valence-corrected chi connectivity index (χ3v) is 2.91. The summed E-state index contributed by atoms with van der Waals surface area (Å²) in [5, 5.41) is 0. The van der Waals surface area contributed by atoms with Gasteiger partial charge in [-0.15, -0.1) is 11.8 Å². The molecule has 0 aliphatic heterocycles. The van der Waals surface area contributed by atoms with Gasteiger partial charge in [-0.25, -0.2) is 0 Å². The molecular formula is C10H14FNOS. The third kappa shape index (κ3) is 3.10. The van der Waals surface area contributed by atoms with Gasteiger partial charge in [0.05, 0.1) is 13.8 Å². The van der Waals surface area contributed by atoms with Crippen molar-refractivity contribution in [2.24, 2.45) is 0 Å². The lowest BCUT2D eigenvalue weighted by molar-refractivity contribution is 0.414. The first-order chi connectivity index (χ1) is 6.77. The lowest BCUT2D eigenvalue weighted by atomic mass is 10.3. The van der Waals surface area contributed by atoms with Gasteiger partial charge >= 0.3 is 0 Å². The second kappa shape index (κ2) is 5.75. The third-order valence-electron chi connectivity index (χ3n) is 1.76. The monoisotopic (exact) mass is 215 g/mol. The number of rotatable bonds is 5. The number of alkyl halides is 1. The van der Waals surface area contributed by atoms with Gasteiger partial charge in [0.1, 0.15) is 5.75 Å². The van der Waals surface area contributed by atoms with E-state index >= 15 is 0 Å². The predicted octanol–water partition coefficient (Wildman–Crippen LogP) is 2.73. The van der Waals surface area contributed by atoms with Crippen LogP contribution in [0.5, 0.6) is 5.75 Å². The van der Waals surface area contributed by atoms with E-state index in [1.165, 1.54) is 0 Å². The molecule has 0 spiro atoms. The molecular weight excluding hydrogens is 201 g/mol. The summed E-state index contributed by atoms with van der Waals surface area (Å²) < 4.78 is 16.9. The number of thioether (sulfide) groups is 1. The van der Waals surface area contributed by atoms with Gasteiger partial charge in [-0.1, -0.05) is 0 Å². The number of methoxy groups -OCH3 is 1. The zero-order chi connectivity index (χ0) is 10.4. The largest absolute Gasteiger partial charge is 0.497 e. The van der Waals surface area contributed by atoms with Gasteiger partial charge in [0.15, 0.2) is 0 Å². The van der Waals surface area contributed by atoms with Crippen LogP contribution in [0.4, 0.5) is 10.1 Å². The van der Waals surface area contributed by atoms with Gasteiger partial charge in [0.25, 0.3) is 0 Å². The lowest BCUT2D eigenvalue weighted by Gasteiger charge is -2.06. The van der Waals surface area contributed by atoms with Gasteiger partial charge in [0, 0.05) is 16.3 Å². The van der Waals surface area contributed by atoms with Crippen LogP contribution in [-0.2, 0) is 0 Å². The topological polar surface area (TPSA) is 35.2 Å². The summed E-state index contributed by atoms with van der Waals surface area (Å²) >= 11 is 1.56. The van der Waals surface area contributed by atoms with E-state index in [0.717, 1.165) is 22.1 Å². The van der Waals surface area contributed by atoms with Crippen LogP contribution in [0, 0.1) is 0 Å². The van der Waals surface area contributed by atoms with Crippen molar-refractivity contribution in [2.75, 3.05) is 25.3 Å². The number of nitrogens with two attached hydrogens (primary N) is 1. The van der Waals surface area contributed by atoms with Crippen LogP contribution in [-0.4, -0.2) is 19.5 Å². The van der Waals surface area contributed by atoms with E-state index in [4.69, 9.17) is 10.5 Å². The lowest BCUT2D eigenvalue weighted by Crippen LogP contribution is -1.91. The number of ether oxygens (including phenoxy) is 1. The van der Waals surface area contributed by atoms with Gasteiger partial charge in [-0.2, -0.15) is 0 Å². The second-order valence-electron chi connectivity index (χ2n) is 2.79. The van der Waals surface area contributed by atoms with Crippen LogP contribution >= 0.6 is 11.8 Å². The van der Waals surface area contributed by atoms with Crippen molar-refractivity contribution >= 4 is 17.4 Å². The molecule has 0 radical (unpaired) electrons. The molecule has 2 nitrogen and oxygen atoms in total. The highest BCUT2D eigenvalue weighted by molar-refractivity contribution is 7.99. The summed E-state index contributed by atoms with van der Waals surface area (Å²) in [4.78, 5) is 0.956. The molecule has 0 amide bonds. The number of benzene rings is 1. The normalized spacial score (nSPS) is 10.1. The first kappa shape index (κ1) is 11.2. The highest BCUT2D eigenvalue weighted by atomic mass is 32.2. The molecule has 1 aromatic rings. The SMILES string of the molecule is COc1ccc(N)c(SCCCF)c1. The first-order valence-electron chi connectivity index (χ1n) is 4.40. The highest BCUT2D eigenvalue weighted by Gasteiger charge is 2.01. The molecule has 0 atom stereocenters. The molecule has 78 valence electrons. The maximum absolute atomic E-state index is 11.9. The Bertz CT molecular complexity index is 293. The number of anilines is 1. The molecule has 2 N–H and O–H groups in total. The molecule has 0 aliphatic rings. The Kier molecular flexibility index (Phi) is 4.59. The standard InChI is InChI=1S/C10H14FNOS/c1-13-8-3-4-9(12)10(7-8)14-6-2-5-11/h3-4,7H,2,5-6,12H2,1H3. The minimum absolute atomic E-state index is 0.281. The predicted molar refractivity (Wildman–Crippen MR) is 58.7 cm³/mol. The fraction of sp³-hybridized carbons (Fsp3) is 0.400. The van der Waals surface area contributed by atoms with Crippen molar-refractivity contribution in [1.82, 2.24) is 0 Å². The minimum Gasteiger partial charge on any atom is -0.497 e. The van der Waals surface area contributed by atoms with Crippen molar-refractivity contribution in [1.29, 1.82) is 0 Å². The van der Waals surface area contributed by atoms with Crippen molar-refractivity contribution in [3.05, 3.63) is 18.2 Å². The van der Waals surface area contributed by atoms with Crippen molar-refractivity contribution in [2.45, 2.75) is 11.3 Å². The van der Waals surface area contributed by atoms with Crippen LogP contribution < -0.4 is 10.5 Å². The van der Waals surface area contributed by atoms with E-state index in [-0.39, 0.29) is 6.67 Å². The van der Waals surface area contributed by atoms with Crippen LogP contribution in [0.3, 0.4) is 0 Å². The van der Waals surface area contributed by atoms with Crippen molar-refractivity contribution in [3.8, 4) is 5.75 Å². The van der Waals surface area contributed by atoms with Crippen molar-refractivity contribution < 1.29 is 9.13 Å². The Balaban J connectivity index is 2.64. The Morgan fingerprint density at radius 2 is 2.29 bits per heavy atom. The Labute approximate surface area is 87.6 Å². The smallest absolute Gasteiger partial charge is 0.120 e. The van der Waals surface area contributed by atoms with Gasteiger partial charge in [0.2, 0.25) is 0 Å². The molecule has 14 heavy (non-hydrogen) atoms. The molecule has 1 rings (SSSR count). The number of halogens is 1. The van der Waals surface area contributed by atoms with Gasteiger partial charge in [-0.05, 0) is 24.6 Å². The molecule has 0 aromatic heterocycles. The summed E-state index contributed by atoms with van der Waals surface area (Å²) in [6.07, 6.45) is 0.557. The summed E-state index contributed by atoms with van der Waals surface area (Å²) in [5.41, 5.74) is 6.47. The molecule has 0 fully saturated rings. The molecule has 0 saturated heterocycles. The second-order valence-corrected chi connectivity index (χ2v) is 3.93. The average molecular weight is 215 g/mol. The molecule has 1 aromatic carbocycles. The average Bonchev–Trinajstić information content (AvgIpc) is 2.21. The summed E-state index contributed by atoms with van der Waals surface area (Å²) in [7, 11) is 1.61. The molecule has 0 aliphatic carbocycles. The number of hydrogen-bond donors (Lipinski definition) is 1. The number of hydrogen-bond acceptors (Lipinski definition) is 3. The minimum atomic E-state index is -0.281. The van der Waals surface area contributed by atoms with Crippen LogP contribution in [0.2, 0.25) is 0 Å². The van der Waals surface area contributed by atoms with Gasteiger partial charge in [-0.3, -0.25) is 4.39 Å². The quantitative estimate of drug-likeness (QED) is 0.466. The summed E-state index contributed by atoms with van der Waals surface area (Å²) in [5.74, 6) is 1.52. The Hall–Kier alpha value is -0.900. The van der Waals surface area contributed by atoms with E-state index in [1.807, 2.05) is 12.1 Å². The highest BCUT2D eigenvalue weighted by Crippen LogP contribution is 2.29. The van der Waals surface area contributed by atoms with E-state index in [9.17, 15) is 4.39 Å². The zero-order valence-corrected chi connectivity index (χ0v) is 8.94. The fourth-order valence-corrected chi connectivity index (χ4v) is 1.91. The van der Waals surface area contributed by atoms with E-state index < -0.39 is 0 Å². The number of nitrogen functional groups attached to an aromatic ring is 1. The fourth-order valence-electron chi connectivity index (χ4n) is 1.00. The maximum atomic E-state index is 11.9. The van der Waals surface area contributed by atoms with Crippen molar-refractivity contribution in [3.63, 3.8) is 0 Å². The molecule has 0 heterocycles. The summed E-state index contributed by atoms with van der Waals surface area (Å²) in [6, 6.07) is 5.49. The summed E-state index contributed by atoms with van der Waals surface area (Å²) in [6.45, 7) is -0.281. The van der Waals surface area contributed by atoms with E-state index in [2.05, 4.69) is 0 Å².